The van der Waals surface area contributed by atoms with Crippen LogP contribution in [0.5, 0.6) is 0 Å². The number of nitro benzene ring substituents is 2. The number of nitro groups is 2. The van der Waals surface area contributed by atoms with E-state index < -0.39 is 26.2 Å². The molecular formula is C6H2Cl2N2O4. The number of rotatable bonds is 2. The molecule has 74 valence electrons. The van der Waals surface area contributed by atoms with Crippen LogP contribution in [0.2, 0.25) is 10.0 Å². The van der Waals surface area contributed by atoms with Crippen LogP contribution in [0.4, 0.5) is 11.4 Å². The normalized spacial score (nSPS) is 9.86. The van der Waals surface area contributed by atoms with Gasteiger partial charge in [-0.25, -0.2) is 0 Å². The van der Waals surface area contributed by atoms with Gasteiger partial charge >= 0.3 is 0 Å². The van der Waals surface area contributed by atoms with Crippen molar-refractivity contribution in [2.24, 2.45) is 0 Å². The maximum atomic E-state index is 10.4. The monoisotopic (exact) mass is 236 g/mol. The molecule has 6 nitrogen and oxygen atoms in total. The van der Waals surface area contributed by atoms with Crippen LogP contribution in [0, 0.1) is 20.2 Å². The summed E-state index contributed by atoms with van der Waals surface area (Å²) < 4.78 is 0. The predicted octanol–water partition coefficient (Wildman–Crippen LogP) is 2.81. The molecular weight excluding hydrogens is 235 g/mol. The highest BCUT2D eigenvalue weighted by atomic mass is 35.5. The fourth-order valence-corrected chi connectivity index (χ4v) is 1.28. The number of hydrogen-bond acceptors (Lipinski definition) is 4. The summed E-state index contributed by atoms with van der Waals surface area (Å²) in [5.41, 5.74) is -1.16. The van der Waals surface area contributed by atoms with Crippen LogP contribution < -0.4 is 0 Å². The van der Waals surface area contributed by atoms with Crippen LogP contribution in [-0.4, -0.2) is 9.85 Å². The Labute approximate surface area is 87.3 Å². The number of nitrogens with zero attached hydrogens (tertiary/aromatic N) is 2. The van der Waals surface area contributed by atoms with E-state index in [2.05, 4.69) is 0 Å². The number of benzene rings is 1. The minimum atomic E-state index is -0.832. The van der Waals surface area contributed by atoms with Crippen LogP contribution in [0.15, 0.2) is 12.1 Å². The maximum Gasteiger partial charge on any atom is 0.296 e. The van der Waals surface area contributed by atoms with E-state index in [1.807, 2.05) is 0 Å². The van der Waals surface area contributed by atoms with Gasteiger partial charge < -0.3 is 0 Å². The molecule has 0 aliphatic carbocycles. The Morgan fingerprint density at radius 3 is 1.64 bits per heavy atom. The summed E-state index contributed by atoms with van der Waals surface area (Å²) in [6, 6.07) is 1.91. The summed E-state index contributed by atoms with van der Waals surface area (Å²) in [6.45, 7) is 0. The first-order valence-corrected chi connectivity index (χ1v) is 3.97. The summed E-state index contributed by atoms with van der Waals surface area (Å²) >= 11 is 10.9. The summed E-state index contributed by atoms with van der Waals surface area (Å²) in [5, 5.41) is 20.1. The second-order valence-corrected chi connectivity index (χ2v) is 3.09. The van der Waals surface area contributed by atoms with Crippen molar-refractivity contribution in [3.05, 3.63) is 42.4 Å². The first-order chi connectivity index (χ1) is 6.43. The molecule has 0 saturated heterocycles. The van der Waals surface area contributed by atoms with E-state index in [1.54, 1.807) is 0 Å². The third-order valence-electron chi connectivity index (χ3n) is 1.39. The summed E-state index contributed by atoms with van der Waals surface area (Å²) in [7, 11) is 0. The van der Waals surface area contributed by atoms with Crippen molar-refractivity contribution >= 4 is 34.6 Å². The molecule has 1 aromatic carbocycles. The molecule has 8 heteroatoms. The summed E-state index contributed by atoms with van der Waals surface area (Å²) in [6.07, 6.45) is 0. The zero-order valence-electron chi connectivity index (χ0n) is 6.44. The molecule has 0 bridgehead atoms. The molecule has 1 rings (SSSR count). The Hall–Kier alpha value is -1.40. The number of hydrogen-bond donors (Lipinski definition) is 0. The first kappa shape index (κ1) is 10.7. The molecule has 0 aliphatic rings. The van der Waals surface area contributed by atoms with Gasteiger partial charge in [-0.05, 0) is 0 Å². The average Bonchev–Trinajstić information content (AvgIpc) is 2.07. The molecule has 0 atom stereocenters. The molecule has 0 heterocycles. The lowest BCUT2D eigenvalue weighted by molar-refractivity contribution is -0.393. The lowest BCUT2D eigenvalue weighted by Crippen LogP contribution is -1.94. The molecule has 0 aromatic heterocycles. The van der Waals surface area contributed by atoms with Gasteiger partial charge in [-0.3, -0.25) is 20.2 Å². The van der Waals surface area contributed by atoms with Gasteiger partial charge in [-0.2, -0.15) is 0 Å². The highest BCUT2D eigenvalue weighted by molar-refractivity contribution is 6.36. The lowest BCUT2D eigenvalue weighted by atomic mass is 10.3. The van der Waals surface area contributed by atoms with Gasteiger partial charge in [0.15, 0.2) is 5.02 Å². The minimum Gasteiger partial charge on any atom is -0.258 e. The van der Waals surface area contributed by atoms with Crippen LogP contribution in [0.25, 0.3) is 0 Å². The second kappa shape index (κ2) is 3.77. The smallest absolute Gasteiger partial charge is 0.258 e. The molecule has 0 unspecified atom stereocenters. The first-order valence-electron chi connectivity index (χ1n) is 3.21. The fraction of sp³-hybridized carbons (Fsp3) is 0. The molecule has 0 fully saturated rings. The van der Waals surface area contributed by atoms with Crippen molar-refractivity contribution in [3.8, 4) is 0 Å². The minimum absolute atomic E-state index is 0.104. The van der Waals surface area contributed by atoms with Gasteiger partial charge in [-0.1, -0.05) is 23.2 Å². The molecule has 0 aliphatic heterocycles. The van der Waals surface area contributed by atoms with E-state index >= 15 is 0 Å². The van der Waals surface area contributed by atoms with Crippen molar-refractivity contribution in [3.63, 3.8) is 0 Å². The second-order valence-electron chi connectivity index (χ2n) is 2.27. The summed E-state index contributed by atoms with van der Waals surface area (Å²) in [4.78, 5) is 19.1. The fourth-order valence-electron chi connectivity index (χ4n) is 0.827. The van der Waals surface area contributed by atoms with E-state index in [0.717, 1.165) is 12.1 Å². The Balaban J connectivity index is 3.47. The van der Waals surface area contributed by atoms with Crippen LogP contribution in [0.1, 0.15) is 0 Å². The van der Waals surface area contributed by atoms with E-state index in [-0.39, 0.29) is 5.02 Å². The van der Waals surface area contributed by atoms with Gasteiger partial charge in [0.1, 0.15) is 0 Å². The van der Waals surface area contributed by atoms with Gasteiger partial charge in [-0.15, -0.1) is 0 Å². The van der Waals surface area contributed by atoms with Gasteiger partial charge in [0.25, 0.3) is 11.4 Å². The molecule has 0 N–H and O–H groups in total. The van der Waals surface area contributed by atoms with E-state index in [0.29, 0.717) is 0 Å². The highest BCUT2D eigenvalue weighted by Gasteiger charge is 2.24. The van der Waals surface area contributed by atoms with Crippen molar-refractivity contribution < 1.29 is 9.85 Å². The van der Waals surface area contributed by atoms with Crippen LogP contribution >= 0.6 is 23.2 Å². The Morgan fingerprint density at radius 1 is 1.00 bits per heavy atom. The van der Waals surface area contributed by atoms with Crippen molar-refractivity contribution in [2.75, 3.05) is 0 Å². The van der Waals surface area contributed by atoms with E-state index in [4.69, 9.17) is 23.2 Å². The maximum absolute atomic E-state index is 10.4. The van der Waals surface area contributed by atoms with Gasteiger partial charge in [0.05, 0.1) is 14.9 Å². The standard InChI is InChI=1S/C6H2Cl2N2O4/c7-3-1-4(9(11)12)6(8)5(2-3)10(13)14/h1-2H. The molecule has 1 aromatic rings. The van der Waals surface area contributed by atoms with Crippen molar-refractivity contribution in [1.82, 2.24) is 0 Å². The Bertz CT molecular complexity index is 385. The van der Waals surface area contributed by atoms with Crippen LogP contribution in [0.3, 0.4) is 0 Å². The topological polar surface area (TPSA) is 86.3 Å². The SMILES string of the molecule is O=[N+]([O-])c1cc(Cl)cc([N+](=O)[O-])c1Cl. The quantitative estimate of drug-likeness (QED) is 0.584. The molecule has 0 spiro atoms. The zero-order chi connectivity index (χ0) is 10.9. The van der Waals surface area contributed by atoms with E-state index in [9.17, 15) is 20.2 Å². The van der Waals surface area contributed by atoms with E-state index in [1.165, 1.54) is 0 Å². The molecule has 0 saturated carbocycles. The Morgan fingerprint density at radius 2 is 1.36 bits per heavy atom. The molecule has 0 amide bonds. The highest BCUT2D eigenvalue weighted by Crippen LogP contribution is 2.36. The zero-order valence-corrected chi connectivity index (χ0v) is 7.95. The van der Waals surface area contributed by atoms with Gasteiger partial charge in [0, 0.05) is 12.1 Å². The number of halogens is 2. The third kappa shape index (κ3) is 1.91. The Kier molecular flexibility index (Phi) is 2.87. The van der Waals surface area contributed by atoms with Crippen LogP contribution in [-0.2, 0) is 0 Å². The van der Waals surface area contributed by atoms with Crippen molar-refractivity contribution in [1.29, 1.82) is 0 Å². The average molecular weight is 237 g/mol. The summed E-state index contributed by atoms with van der Waals surface area (Å²) in [5.74, 6) is 0. The third-order valence-corrected chi connectivity index (χ3v) is 2.00. The largest absolute Gasteiger partial charge is 0.296 e. The predicted molar refractivity (Wildman–Crippen MR) is 49.8 cm³/mol. The molecule has 14 heavy (non-hydrogen) atoms. The van der Waals surface area contributed by atoms with Gasteiger partial charge in [0.2, 0.25) is 0 Å². The lowest BCUT2D eigenvalue weighted by Gasteiger charge is -1.97. The van der Waals surface area contributed by atoms with Crippen molar-refractivity contribution in [2.45, 2.75) is 0 Å². The molecule has 0 radical (unpaired) electrons.